The molecule has 1 heterocycles. The van der Waals surface area contributed by atoms with Gasteiger partial charge in [-0.05, 0) is 23.8 Å². The van der Waals surface area contributed by atoms with E-state index in [2.05, 4.69) is 10.3 Å². The highest BCUT2D eigenvalue weighted by Gasteiger charge is 2.11. The molecule has 0 fully saturated rings. The second-order valence-corrected chi connectivity index (χ2v) is 7.40. The van der Waals surface area contributed by atoms with Crippen LogP contribution in [0.1, 0.15) is 17.3 Å². The Kier molecular flexibility index (Phi) is 5.44. The van der Waals surface area contributed by atoms with Gasteiger partial charge in [-0.2, -0.15) is 0 Å². The number of carbonyl (C=O) groups is 1. The lowest BCUT2D eigenvalue weighted by Gasteiger charge is -2.08. The third-order valence-corrected chi connectivity index (χ3v) is 5.05. The summed E-state index contributed by atoms with van der Waals surface area (Å²) >= 11 is 0. The van der Waals surface area contributed by atoms with Crippen LogP contribution < -0.4 is 5.32 Å². The van der Waals surface area contributed by atoms with Gasteiger partial charge in [0, 0.05) is 29.6 Å². The number of rotatable bonds is 6. The molecule has 1 aromatic heterocycles. The van der Waals surface area contributed by atoms with Crippen LogP contribution in [0.25, 0.3) is 11.1 Å². The van der Waals surface area contributed by atoms with Gasteiger partial charge < -0.3 is 5.32 Å². The number of hydrogen-bond acceptors (Lipinski definition) is 4. The maximum Gasteiger partial charge on any atom is 0.251 e. The van der Waals surface area contributed by atoms with Gasteiger partial charge in [-0.15, -0.1) is 0 Å². The van der Waals surface area contributed by atoms with Crippen molar-refractivity contribution in [1.29, 1.82) is 0 Å². The second-order valence-electron chi connectivity index (χ2n) is 4.93. The van der Waals surface area contributed by atoms with Gasteiger partial charge in [0.15, 0.2) is 9.84 Å². The zero-order valence-electron chi connectivity index (χ0n) is 12.6. The van der Waals surface area contributed by atoms with Crippen molar-refractivity contribution in [3.8, 4) is 11.1 Å². The molecule has 0 aliphatic carbocycles. The molecule has 2 aromatic rings. The standard InChI is InChI=1S/C16H17FN2O3S/c1-2-23(21,22)9-8-19-16(20)13-5-3-4-12(10-13)14-6-7-18-11-15(14)17/h3-7,10-11H,2,8-9H2,1H3,(H,19,20). The zero-order chi connectivity index (χ0) is 16.9. The van der Waals surface area contributed by atoms with Crippen LogP contribution in [-0.2, 0) is 9.84 Å². The van der Waals surface area contributed by atoms with Crippen LogP contribution in [0.5, 0.6) is 0 Å². The number of aromatic nitrogens is 1. The molecule has 0 atom stereocenters. The average Bonchev–Trinajstić information content (AvgIpc) is 2.55. The molecule has 0 radical (unpaired) electrons. The van der Waals surface area contributed by atoms with E-state index in [4.69, 9.17) is 0 Å². The molecule has 0 aliphatic rings. The summed E-state index contributed by atoms with van der Waals surface area (Å²) in [7, 11) is -3.13. The van der Waals surface area contributed by atoms with E-state index in [-0.39, 0.29) is 18.1 Å². The first-order chi connectivity index (χ1) is 10.9. The highest BCUT2D eigenvalue weighted by atomic mass is 32.2. The summed E-state index contributed by atoms with van der Waals surface area (Å²) in [5.74, 6) is -0.931. The largest absolute Gasteiger partial charge is 0.351 e. The van der Waals surface area contributed by atoms with E-state index in [0.29, 0.717) is 16.7 Å². The second kappa shape index (κ2) is 7.32. The summed E-state index contributed by atoms with van der Waals surface area (Å²) in [5.41, 5.74) is 1.24. The molecule has 0 saturated heterocycles. The minimum atomic E-state index is -3.13. The summed E-state index contributed by atoms with van der Waals surface area (Å²) < 4.78 is 36.5. The SMILES string of the molecule is CCS(=O)(=O)CCNC(=O)c1cccc(-c2ccncc2F)c1. The molecule has 0 unspecified atom stereocenters. The summed E-state index contributed by atoms with van der Waals surface area (Å²) in [6, 6.07) is 8.01. The van der Waals surface area contributed by atoms with Crippen molar-refractivity contribution in [2.75, 3.05) is 18.1 Å². The molecule has 0 bridgehead atoms. The fourth-order valence-corrected chi connectivity index (χ4v) is 2.71. The molecule has 2 rings (SSSR count). The first-order valence-electron chi connectivity index (χ1n) is 7.11. The first-order valence-corrected chi connectivity index (χ1v) is 8.93. The molecule has 5 nitrogen and oxygen atoms in total. The van der Waals surface area contributed by atoms with Crippen LogP contribution in [0.4, 0.5) is 4.39 Å². The number of halogens is 1. The van der Waals surface area contributed by atoms with Crippen molar-refractivity contribution >= 4 is 15.7 Å². The molecule has 122 valence electrons. The summed E-state index contributed by atoms with van der Waals surface area (Å²) in [4.78, 5) is 15.8. The Morgan fingerprint density at radius 1 is 1.30 bits per heavy atom. The Labute approximate surface area is 134 Å². The van der Waals surface area contributed by atoms with Crippen LogP contribution in [-0.4, -0.2) is 37.4 Å². The van der Waals surface area contributed by atoms with Crippen LogP contribution in [0.15, 0.2) is 42.7 Å². The van der Waals surface area contributed by atoms with Gasteiger partial charge in [-0.3, -0.25) is 9.78 Å². The Balaban J connectivity index is 2.11. The Morgan fingerprint density at radius 2 is 2.09 bits per heavy atom. The third-order valence-electron chi connectivity index (χ3n) is 3.35. The monoisotopic (exact) mass is 336 g/mol. The fraction of sp³-hybridized carbons (Fsp3) is 0.250. The molecule has 0 spiro atoms. The van der Waals surface area contributed by atoms with Gasteiger partial charge in [0.25, 0.3) is 5.91 Å². The van der Waals surface area contributed by atoms with Crippen LogP contribution in [0.3, 0.4) is 0 Å². The Bertz CT molecular complexity index is 806. The van der Waals surface area contributed by atoms with Crippen molar-refractivity contribution < 1.29 is 17.6 Å². The molecule has 23 heavy (non-hydrogen) atoms. The lowest BCUT2D eigenvalue weighted by molar-refractivity contribution is 0.0956. The van der Waals surface area contributed by atoms with Gasteiger partial charge in [0.05, 0.1) is 11.9 Å². The minimum Gasteiger partial charge on any atom is -0.351 e. The van der Waals surface area contributed by atoms with Crippen LogP contribution in [0, 0.1) is 5.82 Å². The van der Waals surface area contributed by atoms with Gasteiger partial charge in [-0.1, -0.05) is 19.1 Å². The van der Waals surface area contributed by atoms with Crippen molar-refractivity contribution in [2.24, 2.45) is 0 Å². The van der Waals surface area contributed by atoms with Crippen molar-refractivity contribution in [1.82, 2.24) is 10.3 Å². The number of nitrogens with zero attached hydrogens (tertiary/aromatic N) is 1. The number of benzene rings is 1. The molecule has 1 N–H and O–H groups in total. The van der Waals surface area contributed by atoms with Crippen LogP contribution in [0.2, 0.25) is 0 Å². The van der Waals surface area contributed by atoms with Crippen LogP contribution >= 0.6 is 0 Å². The summed E-state index contributed by atoms with van der Waals surface area (Å²) in [6.07, 6.45) is 2.58. The number of hydrogen-bond donors (Lipinski definition) is 1. The predicted octanol–water partition coefficient (Wildman–Crippen LogP) is 2.05. The number of sulfone groups is 1. The van der Waals surface area contributed by atoms with Gasteiger partial charge in [0.1, 0.15) is 5.82 Å². The average molecular weight is 336 g/mol. The smallest absolute Gasteiger partial charge is 0.251 e. The maximum absolute atomic E-state index is 13.8. The van der Waals surface area contributed by atoms with Crippen molar-refractivity contribution in [3.63, 3.8) is 0 Å². The number of amides is 1. The van der Waals surface area contributed by atoms with E-state index >= 15 is 0 Å². The normalized spacial score (nSPS) is 11.2. The predicted molar refractivity (Wildman–Crippen MR) is 86.3 cm³/mol. The highest BCUT2D eigenvalue weighted by molar-refractivity contribution is 7.91. The van der Waals surface area contributed by atoms with Gasteiger partial charge >= 0.3 is 0 Å². The topological polar surface area (TPSA) is 76.1 Å². The third kappa shape index (κ3) is 4.59. The van der Waals surface area contributed by atoms with E-state index in [1.807, 2.05) is 0 Å². The van der Waals surface area contributed by atoms with Gasteiger partial charge in [-0.25, -0.2) is 12.8 Å². The summed E-state index contributed by atoms with van der Waals surface area (Å²) in [6.45, 7) is 1.60. The van der Waals surface area contributed by atoms with E-state index in [1.165, 1.54) is 12.3 Å². The number of carbonyl (C=O) groups excluding carboxylic acids is 1. The van der Waals surface area contributed by atoms with Crippen molar-refractivity contribution in [2.45, 2.75) is 6.92 Å². The molecule has 0 saturated carbocycles. The fourth-order valence-electron chi connectivity index (χ4n) is 2.00. The lowest BCUT2D eigenvalue weighted by Crippen LogP contribution is -2.29. The van der Waals surface area contributed by atoms with E-state index in [9.17, 15) is 17.6 Å². The molecule has 1 amide bonds. The molecule has 0 aliphatic heterocycles. The number of pyridine rings is 1. The molecular weight excluding hydrogens is 319 g/mol. The first kappa shape index (κ1) is 17.1. The van der Waals surface area contributed by atoms with E-state index in [1.54, 1.807) is 31.2 Å². The Hall–Kier alpha value is -2.28. The zero-order valence-corrected chi connectivity index (χ0v) is 13.4. The lowest BCUT2D eigenvalue weighted by atomic mass is 10.0. The quantitative estimate of drug-likeness (QED) is 0.876. The van der Waals surface area contributed by atoms with E-state index in [0.717, 1.165) is 6.20 Å². The molecular formula is C16H17FN2O3S. The highest BCUT2D eigenvalue weighted by Crippen LogP contribution is 2.22. The summed E-state index contributed by atoms with van der Waals surface area (Å²) in [5, 5.41) is 2.56. The number of nitrogens with one attached hydrogen (secondary N) is 1. The van der Waals surface area contributed by atoms with Crippen molar-refractivity contribution in [3.05, 3.63) is 54.1 Å². The molecule has 1 aromatic carbocycles. The Morgan fingerprint density at radius 3 is 2.78 bits per heavy atom. The van der Waals surface area contributed by atoms with Gasteiger partial charge in [0.2, 0.25) is 0 Å². The minimum absolute atomic E-state index is 0.0413. The molecule has 7 heteroatoms. The maximum atomic E-state index is 13.8. The van der Waals surface area contributed by atoms with E-state index < -0.39 is 21.6 Å².